The maximum atomic E-state index is 12.2. The van der Waals surface area contributed by atoms with E-state index < -0.39 is 5.91 Å². The number of nitrogens with zero attached hydrogens (tertiary/aromatic N) is 2. The number of aromatic hydroxyl groups is 1. The normalized spacial score (nSPS) is 10.9. The Morgan fingerprint density at radius 2 is 2.07 bits per heavy atom. The number of nitrogens with one attached hydrogen (secondary N) is 2. The zero-order valence-electron chi connectivity index (χ0n) is 15.6. The number of carbonyl (C=O) groups excluding carboxylic acids is 1. The van der Waals surface area contributed by atoms with Crippen molar-refractivity contribution < 1.29 is 14.6 Å². The highest BCUT2D eigenvalue weighted by Gasteiger charge is 2.10. The van der Waals surface area contributed by atoms with E-state index in [0.29, 0.717) is 23.6 Å². The van der Waals surface area contributed by atoms with Crippen molar-refractivity contribution >= 4 is 12.1 Å². The SMILES string of the molecule is CCCCOc1ccc(-c2cc(C(=O)N/N=C\c3cccc(O)c3)[nH]n2)cc1. The first-order valence-corrected chi connectivity index (χ1v) is 9.07. The van der Waals surface area contributed by atoms with Crippen molar-refractivity contribution in [1.82, 2.24) is 15.6 Å². The lowest BCUT2D eigenvalue weighted by molar-refractivity contribution is 0.0950. The zero-order valence-corrected chi connectivity index (χ0v) is 15.6. The number of hydrogen-bond acceptors (Lipinski definition) is 5. The third-order valence-corrected chi connectivity index (χ3v) is 3.99. The molecule has 144 valence electrons. The predicted molar refractivity (Wildman–Crippen MR) is 108 cm³/mol. The second-order valence-corrected chi connectivity index (χ2v) is 6.19. The first-order valence-electron chi connectivity index (χ1n) is 9.07. The summed E-state index contributed by atoms with van der Waals surface area (Å²) in [4.78, 5) is 12.2. The number of phenolic OH excluding ortho intramolecular Hbond substituents is 1. The van der Waals surface area contributed by atoms with Crippen LogP contribution in [0.5, 0.6) is 11.5 Å². The quantitative estimate of drug-likeness (QED) is 0.316. The Hall–Kier alpha value is -3.61. The number of hydrogen-bond donors (Lipinski definition) is 3. The molecule has 1 aromatic heterocycles. The van der Waals surface area contributed by atoms with Gasteiger partial charge in [-0.15, -0.1) is 0 Å². The van der Waals surface area contributed by atoms with Gasteiger partial charge in [-0.25, -0.2) is 5.43 Å². The molecular formula is C21H22N4O3. The van der Waals surface area contributed by atoms with Crippen LogP contribution in [0.4, 0.5) is 0 Å². The molecule has 3 N–H and O–H groups in total. The maximum absolute atomic E-state index is 12.2. The molecule has 1 amide bonds. The molecule has 0 spiro atoms. The molecular weight excluding hydrogens is 356 g/mol. The van der Waals surface area contributed by atoms with Gasteiger partial charge < -0.3 is 9.84 Å². The van der Waals surface area contributed by atoms with Crippen LogP contribution in [-0.2, 0) is 0 Å². The first-order chi connectivity index (χ1) is 13.7. The molecule has 0 saturated carbocycles. The summed E-state index contributed by atoms with van der Waals surface area (Å²) in [5.41, 5.74) is 4.93. The number of ether oxygens (including phenoxy) is 1. The molecule has 7 heteroatoms. The molecule has 3 aromatic rings. The van der Waals surface area contributed by atoms with Gasteiger partial charge in [0.15, 0.2) is 0 Å². The Kier molecular flexibility index (Phi) is 6.41. The van der Waals surface area contributed by atoms with Crippen molar-refractivity contribution in [2.45, 2.75) is 19.8 Å². The summed E-state index contributed by atoms with van der Waals surface area (Å²) in [6.45, 7) is 2.82. The van der Waals surface area contributed by atoms with Crippen molar-refractivity contribution in [3.05, 3.63) is 65.9 Å². The third-order valence-electron chi connectivity index (χ3n) is 3.99. The van der Waals surface area contributed by atoms with Gasteiger partial charge in [-0.1, -0.05) is 25.5 Å². The monoisotopic (exact) mass is 378 g/mol. The number of phenols is 1. The molecule has 0 saturated heterocycles. The Labute approximate surface area is 163 Å². The van der Waals surface area contributed by atoms with E-state index in [1.165, 1.54) is 6.21 Å². The van der Waals surface area contributed by atoms with Gasteiger partial charge in [-0.3, -0.25) is 9.89 Å². The van der Waals surface area contributed by atoms with Crippen LogP contribution in [0, 0.1) is 0 Å². The fraction of sp³-hybridized carbons (Fsp3) is 0.190. The number of amides is 1. The smallest absolute Gasteiger partial charge is 0.289 e. The number of unbranched alkanes of at least 4 members (excludes halogenated alkanes) is 1. The highest BCUT2D eigenvalue weighted by Crippen LogP contribution is 2.21. The minimum absolute atomic E-state index is 0.135. The van der Waals surface area contributed by atoms with Crippen LogP contribution in [0.25, 0.3) is 11.3 Å². The fourth-order valence-corrected chi connectivity index (χ4v) is 2.47. The van der Waals surface area contributed by atoms with E-state index in [-0.39, 0.29) is 5.75 Å². The van der Waals surface area contributed by atoms with E-state index in [0.717, 1.165) is 24.2 Å². The second kappa shape index (κ2) is 9.36. The molecule has 3 rings (SSSR count). The van der Waals surface area contributed by atoms with E-state index in [1.807, 2.05) is 24.3 Å². The van der Waals surface area contributed by atoms with Crippen LogP contribution < -0.4 is 10.2 Å². The van der Waals surface area contributed by atoms with Crippen LogP contribution in [0.3, 0.4) is 0 Å². The van der Waals surface area contributed by atoms with Gasteiger partial charge in [-0.05, 0) is 54.4 Å². The van der Waals surface area contributed by atoms with E-state index in [4.69, 9.17) is 4.74 Å². The van der Waals surface area contributed by atoms with Gasteiger partial charge in [-0.2, -0.15) is 10.2 Å². The average molecular weight is 378 g/mol. The van der Waals surface area contributed by atoms with Crippen LogP contribution in [0.1, 0.15) is 35.8 Å². The Morgan fingerprint density at radius 3 is 2.82 bits per heavy atom. The summed E-state index contributed by atoms with van der Waals surface area (Å²) in [5.74, 6) is 0.539. The van der Waals surface area contributed by atoms with Crippen LogP contribution in [-0.4, -0.2) is 34.0 Å². The Morgan fingerprint density at radius 1 is 1.25 bits per heavy atom. The number of H-pyrrole nitrogens is 1. The lowest BCUT2D eigenvalue weighted by Gasteiger charge is -2.05. The van der Waals surface area contributed by atoms with Gasteiger partial charge in [0, 0.05) is 5.56 Å². The Bertz CT molecular complexity index is 948. The molecule has 7 nitrogen and oxygen atoms in total. The molecule has 0 radical (unpaired) electrons. The summed E-state index contributed by atoms with van der Waals surface area (Å²) in [6.07, 6.45) is 3.56. The summed E-state index contributed by atoms with van der Waals surface area (Å²) in [7, 11) is 0. The van der Waals surface area contributed by atoms with Crippen LogP contribution in [0.2, 0.25) is 0 Å². The van der Waals surface area contributed by atoms with E-state index in [9.17, 15) is 9.90 Å². The number of aromatic nitrogens is 2. The highest BCUT2D eigenvalue weighted by molar-refractivity contribution is 5.94. The molecule has 0 atom stereocenters. The molecule has 0 aliphatic carbocycles. The summed E-state index contributed by atoms with van der Waals surface area (Å²) >= 11 is 0. The number of carbonyl (C=O) groups is 1. The molecule has 0 bridgehead atoms. The average Bonchev–Trinajstić information content (AvgIpc) is 3.19. The molecule has 0 fully saturated rings. The summed E-state index contributed by atoms with van der Waals surface area (Å²) < 4.78 is 5.64. The minimum Gasteiger partial charge on any atom is -0.508 e. The van der Waals surface area contributed by atoms with Crippen LogP contribution >= 0.6 is 0 Å². The van der Waals surface area contributed by atoms with E-state index in [1.54, 1.807) is 30.3 Å². The second-order valence-electron chi connectivity index (χ2n) is 6.19. The highest BCUT2D eigenvalue weighted by atomic mass is 16.5. The van der Waals surface area contributed by atoms with Crippen molar-refractivity contribution in [2.24, 2.45) is 5.10 Å². The number of hydrazone groups is 1. The van der Waals surface area contributed by atoms with Gasteiger partial charge in [0.25, 0.3) is 5.91 Å². The molecule has 2 aromatic carbocycles. The summed E-state index contributed by atoms with van der Waals surface area (Å²) in [6, 6.07) is 15.8. The predicted octanol–water partition coefficient (Wildman–Crippen LogP) is 3.73. The van der Waals surface area contributed by atoms with E-state index >= 15 is 0 Å². The van der Waals surface area contributed by atoms with Gasteiger partial charge in [0.2, 0.25) is 0 Å². The number of aromatic amines is 1. The van der Waals surface area contributed by atoms with Crippen molar-refractivity contribution in [3.63, 3.8) is 0 Å². The molecule has 0 aliphatic heterocycles. The first kappa shape index (κ1) is 19.2. The minimum atomic E-state index is -0.408. The zero-order chi connectivity index (χ0) is 19.8. The largest absolute Gasteiger partial charge is 0.508 e. The van der Waals surface area contributed by atoms with Crippen molar-refractivity contribution in [3.8, 4) is 22.8 Å². The van der Waals surface area contributed by atoms with Gasteiger partial charge >= 0.3 is 0 Å². The topological polar surface area (TPSA) is 99.6 Å². The molecule has 28 heavy (non-hydrogen) atoms. The standard InChI is InChI=1S/C21H22N4O3/c1-2-3-11-28-18-9-7-16(8-10-18)19-13-20(24-23-19)21(27)25-22-14-15-5-4-6-17(26)12-15/h4-10,12-14,26H,2-3,11H2,1H3,(H,23,24)(H,25,27)/b22-14-. The third kappa shape index (κ3) is 5.20. The number of rotatable bonds is 8. The molecule has 0 aliphatic rings. The van der Waals surface area contributed by atoms with Crippen molar-refractivity contribution in [2.75, 3.05) is 6.61 Å². The lowest BCUT2D eigenvalue weighted by Crippen LogP contribution is -2.17. The fourth-order valence-electron chi connectivity index (χ4n) is 2.47. The van der Waals surface area contributed by atoms with E-state index in [2.05, 4.69) is 27.6 Å². The van der Waals surface area contributed by atoms with Crippen molar-refractivity contribution in [1.29, 1.82) is 0 Å². The maximum Gasteiger partial charge on any atom is 0.289 e. The molecule has 1 heterocycles. The van der Waals surface area contributed by atoms with Gasteiger partial charge in [0.1, 0.15) is 17.2 Å². The lowest BCUT2D eigenvalue weighted by atomic mass is 10.1. The van der Waals surface area contributed by atoms with Gasteiger partial charge in [0.05, 0.1) is 18.5 Å². The number of benzene rings is 2. The summed E-state index contributed by atoms with van der Waals surface area (Å²) in [5, 5.41) is 20.2. The Balaban J connectivity index is 1.59. The van der Waals surface area contributed by atoms with Crippen LogP contribution in [0.15, 0.2) is 59.7 Å². The molecule has 0 unspecified atom stereocenters.